The van der Waals surface area contributed by atoms with Crippen LogP contribution in [0.25, 0.3) is 0 Å². The van der Waals surface area contributed by atoms with Gasteiger partial charge in [0.1, 0.15) is 6.61 Å². The number of likely N-dealkylation sites (N-methyl/N-ethyl adjacent to an activating group) is 1. The number of nitrogens with zero attached hydrogens (tertiary/aromatic N) is 3. The average molecular weight is 337 g/mol. The fourth-order valence-electron chi connectivity index (χ4n) is 3.55. The standard InChI is InChI=1S/C17H23ClN3O2/c1-20(2)16-9-12(14-5-4-13(18)10-19-14)3-6-15(16)21-7-8-23-11-17(21)22/h4-6,10,12,15-16H,3,7-9,11H2,1-2H3. The summed E-state index contributed by atoms with van der Waals surface area (Å²) < 4.78 is 5.26. The van der Waals surface area contributed by atoms with E-state index in [9.17, 15) is 4.79 Å². The Morgan fingerprint density at radius 2 is 2.22 bits per heavy atom. The largest absolute Gasteiger partial charge is 0.370 e. The third-order valence-corrected chi connectivity index (χ3v) is 5.02. The SMILES string of the molecule is CN(C)C1CC(c2ccc(Cl)cn2)C[CH]C1N1CCOCC1=O. The number of pyridine rings is 1. The molecule has 0 spiro atoms. The van der Waals surface area contributed by atoms with Gasteiger partial charge in [-0.15, -0.1) is 0 Å². The summed E-state index contributed by atoms with van der Waals surface area (Å²) in [7, 11) is 4.15. The van der Waals surface area contributed by atoms with Gasteiger partial charge >= 0.3 is 0 Å². The number of carbonyl (C=O) groups is 1. The molecule has 0 bridgehead atoms. The van der Waals surface area contributed by atoms with E-state index < -0.39 is 0 Å². The minimum atomic E-state index is 0.0902. The molecule has 0 aromatic carbocycles. The van der Waals surface area contributed by atoms with Crippen LogP contribution >= 0.6 is 11.6 Å². The lowest BCUT2D eigenvalue weighted by Gasteiger charge is -2.45. The Kier molecular flexibility index (Phi) is 5.19. The van der Waals surface area contributed by atoms with E-state index in [2.05, 4.69) is 30.4 Å². The molecule has 1 aliphatic heterocycles. The molecule has 1 aromatic rings. The van der Waals surface area contributed by atoms with Crippen LogP contribution in [0.4, 0.5) is 0 Å². The lowest BCUT2D eigenvalue weighted by molar-refractivity contribution is -0.146. The number of rotatable bonds is 3. The van der Waals surface area contributed by atoms with Crippen LogP contribution < -0.4 is 0 Å². The summed E-state index contributed by atoms with van der Waals surface area (Å²) in [6, 6.07) is 4.33. The number of amides is 1. The zero-order chi connectivity index (χ0) is 16.4. The van der Waals surface area contributed by atoms with Gasteiger partial charge in [0.25, 0.3) is 0 Å². The van der Waals surface area contributed by atoms with E-state index in [1.54, 1.807) is 6.20 Å². The Bertz CT molecular complexity index is 549. The molecule has 3 rings (SSSR count). The summed E-state index contributed by atoms with van der Waals surface area (Å²) >= 11 is 5.94. The summed E-state index contributed by atoms with van der Waals surface area (Å²) in [5.41, 5.74) is 1.07. The fourth-order valence-corrected chi connectivity index (χ4v) is 3.67. The smallest absolute Gasteiger partial charge is 0.248 e. The van der Waals surface area contributed by atoms with Gasteiger partial charge in [0.05, 0.1) is 17.7 Å². The molecule has 5 nitrogen and oxygen atoms in total. The molecular formula is C17H23ClN3O2. The van der Waals surface area contributed by atoms with Crippen molar-refractivity contribution in [1.29, 1.82) is 0 Å². The number of hydrogen-bond donors (Lipinski definition) is 0. The monoisotopic (exact) mass is 336 g/mol. The molecule has 125 valence electrons. The van der Waals surface area contributed by atoms with Gasteiger partial charge in [-0.05, 0) is 45.5 Å². The molecule has 3 unspecified atom stereocenters. The Hall–Kier alpha value is -1.17. The predicted molar refractivity (Wildman–Crippen MR) is 89.3 cm³/mol. The van der Waals surface area contributed by atoms with E-state index in [1.165, 1.54) is 0 Å². The quantitative estimate of drug-likeness (QED) is 0.846. The third-order valence-electron chi connectivity index (χ3n) is 4.80. The van der Waals surface area contributed by atoms with E-state index in [0.717, 1.165) is 18.5 Å². The van der Waals surface area contributed by atoms with Gasteiger partial charge in [-0.25, -0.2) is 0 Å². The van der Waals surface area contributed by atoms with Crippen molar-refractivity contribution in [3.63, 3.8) is 0 Å². The van der Waals surface area contributed by atoms with Crippen LogP contribution in [0.2, 0.25) is 5.02 Å². The Morgan fingerprint density at radius 3 is 2.87 bits per heavy atom. The lowest BCUT2D eigenvalue weighted by atomic mass is 9.79. The number of morpholine rings is 1. The molecule has 0 N–H and O–H groups in total. The molecule has 2 aliphatic rings. The van der Waals surface area contributed by atoms with Crippen LogP contribution in [0.15, 0.2) is 18.3 Å². The Labute approximate surface area is 142 Å². The second-order valence-corrected chi connectivity index (χ2v) is 6.90. The second-order valence-electron chi connectivity index (χ2n) is 6.47. The summed E-state index contributed by atoms with van der Waals surface area (Å²) in [6.45, 7) is 1.50. The van der Waals surface area contributed by atoms with Crippen LogP contribution in [0.5, 0.6) is 0 Å². The maximum absolute atomic E-state index is 12.2. The van der Waals surface area contributed by atoms with Crippen molar-refractivity contribution in [2.75, 3.05) is 33.9 Å². The highest BCUT2D eigenvalue weighted by Crippen LogP contribution is 2.36. The number of hydrogen-bond acceptors (Lipinski definition) is 4. The number of aromatic nitrogens is 1. The third kappa shape index (κ3) is 3.67. The molecule has 1 saturated heterocycles. The molecule has 6 heteroatoms. The van der Waals surface area contributed by atoms with Crippen molar-refractivity contribution in [2.45, 2.75) is 30.8 Å². The average Bonchev–Trinajstić information content (AvgIpc) is 2.55. The first-order valence-electron chi connectivity index (χ1n) is 8.04. The first-order chi connectivity index (χ1) is 11.1. The number of ether oxygens (including phenoxy) is 1. The first kappa shape index (κ1) is 16.7. The molecule has 23 heavy (non-hydrogen) atoms. The van der Waals surface area contributed by atoms with E-state index in [4.69, 9.17) is 16.3 Å². The van der Waals surface area contributed by atoms with E-state index in [0.29, 0.717) is 24.1 Å². The Morgan fingerprint density at radius 1 is 1.39 bits per heavy atom. The predicted octanol–water partition coefficient (Wildman–Crippen LogP) is 1.97. The first-order valence-corrected chi connectivity index (χ1v) is 8.42. The summed E-state index contributed by atoms with van der Waals surface area (Å²) in [4.78, 5) is 20.8. The number of halogens is 1. The highest BCUT2D eigenvalue weighted by atomic mass is 35.5. The van der Waals surface area contributed by atoms with Crippen LogP contribution in [0.1, 0.15) is 24.5 Å². The van der Waals surface area contributed by atoms with Gasteiger partial charge in [-0.2, -0.15) is 0 Å². The van der Waals surface area contributed by atoms with Gasteiger partial charge in [-0.3, -0.25) is 9.78 Å². The Balaban J connectivity index is 1.75. The van der Waals surface area contributed by atoms with Crippen molar-refractivity contribution in [2.24, 2.45) is 0 Å². The van der Waals surface area contributed by atoms with E-state index >= 15 is 0 Å². The van der Waals surface area contributed by atoms with Crippen LogP contribution in [0, 0.1) is 6.42 Å². The van der Waals surface area contributed by atoms with Gasteiger partial charge in [0.15, 0.2) is 0 Å². The van der Waals surface area contributed by atoms with Crippen molar-refractivity contribution in [3.05, 3.63) is 35.5 Å². The molecule has 1 amide bonds. The zero-order valence-electron chi connectivity index (χ0n) is 13.6. The molecule has 1 aromatic heterocycles. The van der Waals surface area contributed by atoms with Crippen LogP contribution in [0.3, 0.4) is 0 Å². The normalized spacial score (nSPS) is 29.1. The maximum Gasteiger partial charge on any atom is 0.248 e. The molecule has 2 fully saturated rings. The van der Waals surface area contributed by atoms with Crippen molar-refractivity contribution < 1.29 is 9.53 Å². The van der Waals surface area contributed by atoms with E-state index in [-0.39, 0.29) is 24.6 Å². The van der Waals surface area contributed by atoms with Crippen molar-refractivity contribution in [1.82, 2.24) is 14.8 Å². The molecule has 1 aliphatic carbocycles. The fraction of sp³-hybridized carbons (Fsp3) is 0.588. The number of carbonyl (C=O) groups excluding carboxylic acids is 1. The molecule has 3 atom stereocenters. The molecule has 1 radical (unpaired) electrons. The van der Waals surface area contributed by atoms with Gasteiger partial charge < -0.3 is 14.5 Å². The minimum absolute atomic E-state index is 0.0902. The highest BCUT2D eigenvalue weighted by Gasteiger charge is 2.39. The van der Waals surface area contributed by atoms with Crippen molar-refractivity contribution >= 4 is 17.5 Å². The van der Waals surface area contributed by atoms with Crippen molar-refractivity contribution in [3.8, 4) is 0 Å². The second kappa shape index (κ2) is 7.16. The van der Waals surface area contributed by atoms with Crippen LogP contribution in [-0.4, -0.2) is 66.6 Å². The van der Waals surface area contributed by atoms with Crippen LogP contribution in [-0.2, 0) is 9.53 Å². The topological polar surface area (TPSA) is 45.7 Å². The maximum atomic E-state index is 12.2. The van der Waals surface area contributed by atoms with Gasteiger partial charge in [-0.1, -0.05) is 11.6 Å². The summed E-state index contributed by atoms with van der Waals surface area (Å²) in [5.74, 6) is 0.458. The minimum Gasteiger partial charge on any atom is -0.370 e. The highest BCUT2D eigenvalue weighted by molar-refractivity contribution is 6.30. The molecule has 2 heterocycles. The lowest BCUT2D eigenvalue weighted by Crippen LogP contribution is -2.57. The molecule has 1 saturated carbocycles. The molecular weight excluding hydrogens is 314 g/mol. The summed E-state index contributed by atoms with van der Waals surface area (Å²) in [5, 5.41) is 0.662. The summed E-state index contributed by atoms with van der Waals surface area (Å²) in [6.07, 6.45) is 5.89. The van der Waals surface area contributed by atoms with Gasteiger partial charge in [0, 0.05) is 30.4 Å². The zero-order valence-corrected chi connectivity index (χ0v) is 14.4. The van der Waals surface area contributed by atoms with E-state index in [1.807, 2.05) is 17.0 Å². The van der Waals surface area contributed by atoms with Gasteiger partial charge in [0.2, 0.25) is 5.91 Å².